The van der Waals surface area contributed by atoms with Crippen molar-refractivity contribution in [3.05, 3.63) is 35.1 Å². The van der Waals surface area contributed by atoms with Crippen LogP contribution in [0.2, 0.25) is 0 Å². The van der Waals surface area contributed by atoms with Gasteiger partial charge in [0.1, 0.15) is 0 Å². The molecule has 2 heterocycles. The Bertz CT molecular complexity index is 400. The topological polar surface area (TPSA) is 54.7 Å². The van der Waals surface area contributed by atoms with Crippen LogP contribution in [0.4, 0.5) is 5.13 Å². The van der Waals surface area contributed by atoms with E-state index in [0.717, 1.165) is 11.3 Å². The molecule has 0 aliphatic rings. The van der Waals surface area contributed by atoms with Crippen LogP contribution in [0, 0.1) is 0 Å². The van der Waals surface area contributed by atoms with Gasteiger partial charge in [-0.3, -0.25) is 0 Å². The summed E-state index contributed by atoms with van der Waals surface area (Å²) in [7, 11) is 0. The minimum atomic E-state index is 0.605. The first kappa shape index (κ1) is 8.07. The van der Waals surface area contributed by atoms with Crippen molar-refractivity contribution in [2.75, 3.05) is 5.73 Å². The van der Waals surface area contributed by atoms with Crippen LogP contribution in [0.15, 0.2) is 23.8 Å². The highest BCUT2D eigenvalue weighted by atomic mass is 32.1. The summed E-state index contributed by atoms with van der Waals surface area (Å²) < 4.78 is 0. The number of aromatic amines is 1. The maximum atomic E-state index is 5.49. The van der Waals surface area contributed by atoms with Crippen LogP contribution < -0.4 is 5.73 Å². The number of nitrogens with one attached hydrogen (secondary N) is 1. The van der Waals surface area contributed by atoms with Crippen molar-refractivity contribution in [3.63, 3.8) is 0 Å². The van der Waals surface area contributed by atoms with Crippen LogP contribution >= 0.6 is 11.3 Å². The van der Waals surface area contributed by atoms with Gasteiger partial charge in [-0.05, 0) is 17.7 Å². The van der Waals surface area contributed by atoms with E-state index in [1.807, 2.05) is 36.0 Å². The molecule has 4 heteroatoms. The number of thiazole rings is 1. The number of hydrogen-bond acceptors (Lipinski definition) is 3. The van der Waals surface area contributed by atoms with Gasteiger partial charge in [0.2, 0.25) is 0 Å². The zero-order valence-electron chi connectivity index (χ0n) is 6.90. The van der Waals surface area contributed by atoms with E-state index in [0.29, 0.717) is 5.13 Å². The molecular formula is C9H9N3S. The molecule has 2 aromatic rings. The number of hydrogen-bond donors (Lipinski definition) is 2. The van der Waals surface area contributed by atoms with Gasteiger partial charge in [0.05, 0.1) is 5.69 Å². The number of aromatic nitrogens is 2. The van der Waals surface area contributed by atoms with Gasteiger partial charge in [0, 0.05) is 17.8 Å². The summed E-state index contributed by atoms with van der Waals surface area (Å²) in [5.74, 6) is 0. The van der Waals surface area contributed by atoms with Crippen LogP contribution in [-0.2, 0) is 0 Å². The lowest BCUT2D eigenvalue weighted by molar-refractivity contribution is 1.39. The third-order valence-corrected chi connectivity index (χ3v) is 2.30. The van der Waals surface area contributed by atoms with E-state index in [1.165, 1.54) is 11.3 Å². The fourth-order valence-corrected chi connectivity index (χ4v) is 1.53. The van der Waals surface area contributed by atoms with Gasteiger partial charge in [-0.25, -0.2) is 4.98 Å². The second-order valence-electron chi connectivity index (χ2n) is 2.59. The third kappa shape index (κ3) is 1.97. The highest BCUT2D eigenvalue weighted by Gasteiger charge is 1.92. The summed E-state index contributed by atoms with van der Waals surface area (Å²) in [6.07, 6.45) is 7.74. The summed E-state index contributed by atoms with van der Waals surface area (Å²) in [6.45, 7) is 0. The Kier molecular flexibility index (Phi) is 2.14. The standard InChI is InChI=1S/C9H9N3S/c10-9-12-8(6-13-9)2-1-7-3-4-11-5-7/h1-6,11H,(H2,10,12)/b2-1+. The molecule has 0 radical (unpaired) electrons. The molecule has 0 fully saturated rings. The first-order valence-electron chi connectivity index (χ1n) is 3.86. The maximum absolute atomic E-state index is 5.49. The van der Waals surface area contributed by atoms with Gasteiger partial charge in [0.15, 0.2) is 5.13 Å². The molecule has 0 aromatic carbocycles. The van der Waals surface area contributed by atoms with Crippen LogP contribution in [0.1, 0.15) is 11.3 Å². The van der Waals surface area contributed by atoms with Gasteiger partial charge in [-0.2, -0.15) is 0 Å². The molecule has 2 rings (SSSR count). The zero-order chi connectivity index (χ0) is 9.10. The molecule has 3 N–H and O–H groups in total. The molecule has 0 aliphatic carbocycles. The fraction of sp³-hybridized carbons (Fsp3) is 0. The van der Waals surface area contributed by atoms with Crippen molar-refractivity contribution >= 4 is 28.6 Å². The molecule has 2 aromatic heterocycles. The number of rotatable bonds is 2. The molecule has 0 amide bonds. The van der Waals surface area contributed by atoms with Crippen molar-refractivity contribution in [3.8, 4) is 0 Å². The molecular weight excluding hydrogens is 182 g/mol. The smallest absolute Gasteiger partial charge is 0.180 e. The van der Waals surface area contributed by atoms with Crippen molar-refractivity contribution in [1.82, 2.24) is 9.97 Å². The minimum Gasteiger partial charge on any atom is -0.375 e. The van der Waals surface area contributed by atoms with E-state index in [1.54, 1.807) is 0 Å². The van der Waals surface area contributed by atoms with Gasteiger partial charge < -0.3 is 10.7 Å². The lowest BCUT2D eigenvalue weighted by atomic mass is 10.3. The summed E-state index contributed by atoms with van der Waals surface area (Å²) in [4.78, 5) is 7.09. The van der Waals surface area contributed by atoms with Crippen molar-refractivity contribution in [1.29, 1.82) is 0 Å². The Morgan fingerprint density at radius 2 is 2.38 bits per heavy atom. The van der Waals surface area contributed by atoms with Gasteiger partial charge in [-0.15, -0.1) is 11.3 Å². The number of nitrogens with two attached hydrogens (primary N) is 1. The Balaban J connectivity index is 2.14. The molecule has 0 saturated heterocycles. The number of nitrogens with zero attached hydrogens (tertiary/aromatic N) is 1. The molecule has 0 unspecified atom stereocenters. The van der Waals surface area contributed by atoms with Crippen LogP contribution in [0.3, 0.4) is 0 Å². The highest BCUT2D eigenvalue weighted by Crippen LogP contribution is 2.13. The highest BCUT2D eigenvalue weighted by molar-refractivity contribution is 7.13. The Labute approximate surface area is 79.9 Å². The van der Waals surface area contributed by atoms with Crippen LogP contribution in [0.5, 0.6) is 0 Å². The third-order valence-electron chi connectivity index (χ3n) is 1.61. The lowest BCUT2D eigenvalue weighted by Gasteiger charge is -1.82. The van der Waals surface area contributed by atoms with E-state index >= 15 is 0 Å². The summed E-state index contributed by atoms with van der Waals surface area (Å²) in [5.41, 5.74) is 7.53. The first-order chi connectivity index (χ1) is 6.34. The van der Waals surface area contributed by atoms with Crippen molar-refractivity contribution in [2.24, 2.45) is 0 Å². The molecule has 0 aliphatic heterocycles. The number of H-pyrrole nitrogens is 1. The fourth-order valence-electron chi connectivity index (χ4n) is 0.999. The van der Waals surface area contributed by atoms with E-state index in [9.17, 15) is 0 Å². The van der Waals surface area contributed by atoms with Crippen molar-refractivity contribution in [2.45, 2.75) is 0 Å². The van der Waals surface area contributed by atoms with Gasteiger partial charge >= 0.3 is 0 Å². The molecule has 13 heavy (non-hydrogen) atoms. The number of anilines is 1. The van der Waals surface area contributed by atoms with E-state index < -0.39 is 0 Å². The quantitative estimate of drug-likeness (QED) is 0.764. The first-order valence-corrected chi connectivity index (χ1v) is 4.74. The lowest BCUT2D eigenvalue weighted by Crippen LogP contribution is -1.80. The second-order valence-corrected chi connectivity index (χ2v) is 3.48. The molecule has 0 atom stereocenters. The summed E-state index contributed by atoms with van der Waals surface area (Å²) in [6, 6.07) is 1.99. The van der Waals surface area contributed by atoms with Crippen LogP contribution in [-0.4, -0.2) is 9.97 Å². The summed E-state index contributed by atoms with van der Waals surface area (Å²) in [5, 5.41) is 2.53. The normalized spacial score (nSPS) is 11.1. The predicted octanol–water partition coefficient (Wildman–Crippen LogP) is 2.22. The molecule has 0 spiro atoms. The second kappa shape index (κ2) is 3.45. The monoisotopic (exact) mass is 191 g/mol. The molecule has 0 saturated carbocycles. The molecule has 0 bridgehead atoms. The zero-order valence-corrected chi connectivity index (χ0v) is 7.71. The largest absolute Gasteiger partial charge is 0.375 e. The SMILES string of the molecule is Nc1nc(/C=C/c2cc[nH]c2)cs1. The predicted molar refractivity (Wildman–Crippen MR) is 56.2 cm³/mol. The van der Waals surface area contributed by atoms with E-state index in [4.69, 9.17) is 5.73 Å². The van der Waals surface area contributed by atoms with Gasteiger partial charge in [0.25, 0.3) is 0 Å². The summed E-state index contributed by atoms with van der Waals surface area (Å²) >= 11 is 1.45. The Morgan fingerprint density at radius 3 is 3.00 bits per heavy atom. The number of nitrogen functional groups attached to an aromatic ring is 1. The Hall–Kier alpha value is -1.55. The maximum Gasteiger partial charge on any atom is 0.180 e. The van der Waals surface area contributed by atoms with Crippen LogP contribution in [0.25, 0.3) is 12.2 Å². The average Bonchev–Trinajstić information content (AvgIpc) is 2.71. The van der Waals surface area contributed by atoms with Crippen molar-refractivity contribution < 1.29 is 0 Å². The molecule has 66 valence electrons. The minimum absolute atomic E-state index is 0.605. The Morgan fingerprint density at radius 1 is 1.46 bits per heavy atom. The van der Waals surface area contributed by atoms with E-state index in [2.05, 4.69) is 9.97 Å². The molecule has 3 nitrogen and oxygen atoms in total. The van der Waals surface area contributed by atoms with Gasteiger partial charge in [-0.1, -0.05) is 6.08 Å². The average molecular weight is 191 g/mol. The van der Waals surface area contributed by atoms with E-state index in [-0.39, 0.29) is 0 Å².